The van der Waals surface area contributed by atoms with Gasteiger partial charge in [0.25, 0.3) is 0 Å². The van der Waals surface area contributed by atoms with Crippen LogP contribution in [0, 0.1) is 0 Å². The van der Waals surface area contributed by atoms with Gasteiger partial charge in [-0.15, -0.1) is 0 Å². The number of hydrogen-bond donors (Lipinski definition) is 8. The Bertz CT molecular complexity index is 1470. The van der Waals surface area contributed by atoms with E-state index in [0.717, 1.165) is 12.1 Å². The lowest BCUT2D eigenvalue weighted by atomic mass is 9.89. The Balaban J connectivity index is 1.52. The Kier molecular flexibility index (Phi) is 8.44. The predicted molar refractivity (Wildman–Crippen MR) is 142 cm³/mol. The van der Waals surface area contributed by atoms with E-state index >= 15 is 0 Å². The van der Waals surface area contributed by atoms with Gasteiger partial charge >= 0.3 is 0 Å². The number of hydrogen-bond acceptors (Lipinski definition) is 14. The fourth-order valence-corrected chi connectivity index (χ4v) is 5.25. The van der Waals surface area contributed by atoms with Gasteiger partial charge in [0.15, 0.2) is 11.7 Å². The van der Waals surface area contributed by atoms with Crippen LogP contribution in [0.2, 0.25) is 0 Å². The molecule has 2 aliphatic rings. The van der Waals surface area contributed by atoms with Gasteiger partial charge in [-0.2, -0.15) is 0 Å². The first kappa shape index (κ1) is 30.2. The molecule has 0 saturated carbocycles. The number of methoxy groups -OCH3 is 1. The molecule has 8 N–H and O–H groups in total. The Morgan fingerprint density at radius 1 is 0.881 bits per heavy atom. The minimum atomic E-state index is -1.88. The van der Waals surface area contributed by atoms with Crippen molar-refractivity contribution in [3.05, 3.63) is 52.2 Å². The minimum absolute atomic E-state index is 0.139. The largest absolute Gasteiger partial charge is 0.507 e. The van der Waals surface area contributed by atoms with Crippen molar-refractivity contribution in [1.82, 2.24) is 0 Å². The molecule has 5 rings (SSSR count). The first-order valence-corrected chi connectivity index (χ1v) is 13.1. The molecule has 42 heavy (non-hydrogen) atoms. The average Bonchev–Trinajstić information content (AvgIpc) is 2.97. The highest BCUT2D eigenvalue weighted by Gasteiger charge is 2.51. The standard InChI is InChI=1S/C28H32O14/c1-10-20(32)23(35)24(36)28(39-10)42-27-21(33)17(9-29)41-26(25(27)37)19-14(31)8-16-18(22(19)34)13(30)7-15(40-16)11-3-5-12(38-2)6-4-11/h3-8,10,17,20-21,23-29,31-37H,9H2,1-2H3/t10-,17+,20-,21+,23+,24+,25-,26-,27-,28-/m0/s1. The van der Waals surface area contributed by atoms with Crippen molar-refractivity contribution in [2.24, 2.45) is 0 Å². The molecule has 2 aromatic carbocycles. The SMILES string of the molecule is COc1ccc(-c2cc(=O)c3c(O)c([C@@H]4O[C@H](CO)[C@@H](O)[C@H](O[C@@H]5O[C@@H](C)[C@H](O)[C@@H](O)[C@H]5O)[C@H]4O)c(O)cc3o2)cc1. The van der Waals surface area contributed by atoms with Crippen molar-refractivity contribution >= 4 is 11.0 Å². The Morgan fingerprint density at radius 2 is 1.57 bits per heavy atom. The third kappa shape index (κ3) is 5.21. The maximum Gasteiger partial charge on any atom is 0.197 e. The van der Waals surface area contributed by atoms with E-state index < -0.39 is 90.3 Å². The van der Waals surface area contributed by atoms with Crippen molar-refractivity contribution in [2.75, 3.05) is 13.7 Å². The van der Waals surface area contributed by atoms with Gasteiger partial charge in [0, 0.05) is 17.7 Å². The van der Waals surface area contributed by atoms with Gasteiger partial charge in [-0.05, 0) is 31.2 Å². The molecule has 1 aromatic heterocycles. The van der Waals surface area contributed by atoms with E-state index in [-0.39, 0.29) is 16.7 Å². The molecule has 14 heteroatoms. The maximum absolute atomic E-state index is 13.1. The number of fused-ring (bicyclic) bond motifs is 1. The number of ether oxygens (including phenoxy) is 4. The molecule has 3 aromatic rings. The molecule has 14 nitrogen and oxygen atoms in total. The molecular weight excluding hydrogens is 560 g/mol. The Labute approximate surface area is 238 Å². The minimum Gasteiger partial charge on any atom is -0.507 e. The van der Waals surface area contributed by atoms with Crippen LogP contribution in [0.25, 0.3) is 22.3 Å². The molecule has 0 spiro atoms. The third-order valence-corrected chi connectivity index (χ3v) is 7.63. The fourth-order valence-electron chi connectivity index (χ4n) is 5.25. The van der Waals surface area contributed by atoms with Gasteiger partial charge < -0.3 is 64.2 Å². The number of aliphatic hydroxyl groups is 6. The smallest absolute Gasteiger partial charge is 0.197 e. The summed E-state index contributed by atoms with van der Waals surface area (Å²) in [7, 11) is 1.50. The van der Waals surface area contributed by atoms with Crippen LogP contribution < -0.4 is 10.2 Å². The molecule has 0 unspecified atom stereocenters. The fraction of sp³-hybridized carbons (Fsp3) is 0.464. The maximum atomic E-state index is 13.1. The van der Waals surface area contributed by atoms with Crippen LogP contribution in [0.3, 0.4) is 0 Å². The van der Waals surface area contributed by atoms with Crippen LogP contribution >= 0.6 is 0 Å². The van der Waals surface area contributed by atoms with Crippen LogP contribution in [0.1, 0.15) is 18.6 Å². The van der Waals surface area contributed by atoms with Crippen LogP contribution in [0.15, 0.2) is 45.6 Å². The summed E-state index contributed by atoms with van der Waals surface area (Å²) in [5.41, 5.74) is -0.794. The van der Waals surface area contributed by atoms with E-state index in [1.54, 1.807) is 24.3 Å². The van der Waals surface area contributed by atoms with Crippen LogP contribution in [0.4, 0.5) is 0 Å². The summed E-state index contributed by atoms with van der Waals surface area (Å²) in [6.07, 6.45) is -15.9. The second kappa shape index (κ2) is 11.8. The van der Waals surface area contributed by atoms with E-state index in [1.807, 2.05) is 0 Å². The number of benzene rings is 2. The second-order valence-corrected chi connectivity index (χ2v) is 10.3. The van der Waals surface area contributed by atoms with Crippen molar-refractivity contribution in [3.8, 4) is 28.6 Å². The monoisotopic (exact) mass is 592 g/mol. The van der Waals surface area contributed by atoms with E-state index in [0.29, 0.717) is 11.3 Å². The van der Waals surface area contributed by atoms with E-state index in [1.165, 1.54) is 14.0 Å². The van der Waals surface area contributed by atoms with Gasteiger partial charge in [-0.3, -0.25) is 4.79 Å². The molecule has 0 aliphatic carbocycles. The topological polar surface area (TPSA) is 229 Å². The van der Waals surface area contributed by atoms with Gasteiger partial charge in [0.1, 0.15) is 82.8 Å². The molecular formula is C28H32O14. The van der Waals surface area contributed by atoms with Crippen molar-refractivity contribution < 1.29 is 64.2 Å². The lowest BCUT2D eigenvalue weighted by Gasteiger charge is -2.46. The van der Waals surface area contributed by atoms with Crippen LogP contribution in [0.5, 0.6) is 17.2 Å². The van der Waals surface area contributed by atoms with Gasteiger partial charge in [0.2, 0.25) is 0 Å². The molecule has 10 atom stereocenters. The first-order valence-electron chi connectivity index (χ1n) is 13.1. The molecule has 228 valence electrons. The lowest BCUT2D eigenvalue weighted by Crippen LogP contribution is -2.62. The molecule has 2 aliphatic heterocycles. The predicted octanol–water partition coefficient (Wildman–Crippen LogP) is -0.754. The normalized spacial score (nSPS) is 33.5. The zero-order valence-electron chi connectivity index (χ0n) is 22.5. The third-order valence-electron chi connectivity index (χ3n) is 7.63. The molecule has 0 bridgehead atoms. The zero-order chi connectivity index (χ0) is 30.5. The first-order chi connectivity index (χ1) is 20.0. The summed E-state index contributed by atoms with van der Waals surface area (Å²) in [4.78, 5) is 13.1. The summed E-state index contributed by atoms with van der Waals surface area (Å²) >= 11 is 0. The number of phenolic OH excluding ortho intramolecular Hbond substituents is 2. The highest BCUT2D eigenvalue weighted by atomic mass is 16.7. The van der Waals surface area contributed by atoms with Crippen LogP contribution in [-0.2, 0) is 14.2 Å². The van der Waals surface area contributed by atoms with Crippen molar-refractivity contribution in [3.63, 3.8) is 0 Å². The van der Waals surface area contributed by atoms with Crippen molar-refractivity contribution in [2.45, 2.75) is 68.1 Å². The lowest BCUT2D eigenvalue weighted by molar-refractivity contribution is -0.338. The molecule has 0 radical (unpaired) electrons. The number of aliphatic hydroxyl groups excluding tert-OH is 6. The quantitative estimate of drug-likeness (QED) is 0.176. The van der Waals surface area contributed by atoms with Crippen molar-refractivity contribution in [1.29, 1.82) is 0 Å². The van der Waals surface area contributed by atoms with Gasteiger partial charge in [-0.1, -0.05) is 0 Å². The molecule has 0 amide bonds. The summed E-state index contributed by atoms with van der Waals surface area (Å²) in [6.45, 7) is 0.613. The van der Waals surface area contributed by atoms with Crippen LogP contribution in [-0.4, -0.2) is 110 Å². The number of aromatic hydroxyl groups is 2. The summed E-state index contributed by atoms with van der Waals surface area (Å²) in [6, 6.07) is 8.80. The second-order valence-electron chi connectivity index (χ2n) is 10.3. The summed E-state index contributed by atoms with van der Waals surface area (Å²) in [5.74, 6) is -0.710. The Morgan fingerprint density at radius 3 is 2.21 bits per heavy atom. The number of phenols is 2. The van der Waals surface area contributed by atoms with Gasteiger partial charge in [0.05, 0.1) is 25.4 Å². The Hall–Kier alpha value is -3.31. The molecule has 2 fully saturated rings. The zero-order valence-corrected chi connectivity index (χ0v) is 22.5. The average molecular weight is 593 g/mol. The highest BCUT2D eigenvalue weighted by Crippen LogP contribution is 2.45. The molecule has 3 heterocycles. The van der Waals surface area contributed by atoms with E-state index in [9.17, 15) is 45.6 Å². The number of rotatable bonds is 6. The summed E-state index contributed by atoms with van der Waals surface area (Å²) < 4.78 is 27.6. The highest BCUT2D eigenvalue weighted by molar-refractivity contribution is 5.88. The van der Waals surface area contributed by atoms with E-state index in [2.05, 4.69) is 0 Å². The molecule has 2 saturated heterocycles. The summed E-state index contributed by atoms with van der Waals surface area (Å²) in [5, 5.41) is 84.1. The van der Waals surface area contributed by atoms with Gasteiger partial charge in [-0.25, -0.2) is 0 Å². The van der Waals surface area contributed by atoms with E-state index in [4.69, 9.17) is 23.4 Å².